The summed E-state index contributed by atoms with van der Waals surface area (Å²) in [4.78, 5) is 30.9. The van der Waals surface area contributed by atoms with Gasteiger partial charge < -0.3 is 9.80 Å². The summed E-state index contributed by atoms with van der Waals surface area (Å²) in [6.45, 7) is 10.4. The van der Waals surface area contributed by atoms with Crippen molar-refractivity contribution in [2.75, 3.05) is 39.8 Å². The lowest BCUT2D eigenvalue weighted by molar-refractivity contribution is -0.141. The van der Waals surface area contributed by atoms with E-state index < -0.39 is 0 Å². The van der Waals surface area contributed by atoms with Crippen LogP contribution >= 0.6 is 0 Å². The van der Waals surface area contributed by atoms with Crippen LogP contribution in [0.4, 0.5) is 0 Å². The standard InChI is InChI=1S/C18H33N3O2/c1-14(2)19(4)18(23)16-7-10-21(11-8-16)17(22)13-20-9-5-6-15(3)12-20/h14-16H,5-13H2,1-4H3. The van der Waals surface area contributed by atoms with Crippen molar-refractivity contribution in [2.24, 2.45) is 11.8 Å². The molecule has 1 unspecified atom stereocenters. The number of likely N-dealkylation sites (tertiary alicyclic amines) is 2. The highest BCUT2D eigenvalue weighted by atomic mass is 16.2. The van der Waals surface area contributed by atoms with E-state index in [0.717, 1.165) is 39.0 Å². The van der Waals surface area contributed by atoms with Crippen molar-refractivity contribution in [2.45, 2.75) is 52.5 Å². The first kappa shape index (κ1) is 18.2. The minimum absolute atomic E-state index is 0.0847. The second kappa shape index (κ2) is 8.13. The van der Waals surface area contributed by atoms with Crippen LogP contribution in [0.15, 0.2) is 0 Å². The SMILES string of the molecule is CC1CCCN(CC(=O)N2CCC(C(=O)N(C)C(C)C)CC2)C1. The average Bonchev–Trinajstić information content (AvgIpc) is 2.53. The fraction of sp³-hybridized carbons (Fsp3) is 0.889. The van der Waals surface area contributed by atoms with Crippen molar-refractivity contribution in [3.8, 4) is 0 Å². The maximum Gasteiger partial charge on any atom is 0.236 e. The molecule has 0 spiro atoms. The fourth-order valence-electron chi connectivity index (χ4n) is 3.64. The zero-order valence-corrected chi connectivity index (χ0v) is 15.3. The number of carbonyl (C=O) groups is 2. The summed E-state index contributed by atoms with van der Waals surface area (Å²) in [6, 6.07) is 0.239. The van der Waals surface area contributed by atoms with Gasteiger partial charge in [0.05, 0.1) is 6.54 Å². The van der Waals surface area contributed by atoms with E-state index in [1.54, 1.807) is 0 Å². The van der Waals surface area contributed by atoms with E-state index in [9.17, 15) is 9.59 Å². The topological polar surface area (TPSA) is 43.9 Å². The zero-order valence-electron chi connectivity index (χ0n) is 15.3. The summed E-state index contributed by atoms with van der Waals surface area (Å²) in [5.74, 6) is 1.26. The van der Waals surface area contributed by atoms with Crippen molar-refractivity contribution < 1.29 is 9.59 Å². The lowest BCUT2D eigenvalue weighted by Crippen LogP contribution is -2.48. The molecule has 2 aliphatic heterocycles. The van der Waals surface area contributed by atoms with Crippen LogP contribution in [0.5, 0.6) is 0 Å². The highest BCUT2D eigenvalue weighted by molar-refractivity contribution is 5.81. The average molecular weight is 323 g/mol. The molecule has 132 valence electrons. The molecule has 1 atom stereocenters. The summed E-state index contributed by atoms with van der Waals surface area (Å²) >= 11 is 0. The molecule has 2 saturated heterocycles. The first-order valence-corrected chi connectivity index (χ1v) is 9.15. The molecule has 0 aromatic rings. The molecule has 5 nitrogen and oxygen atoms in total. The van der Waals surface area contributed by atoms with E-state index in [-0.39, 0.29) is 23.8 Å². The smallest absolute Gasteiger partial charge is 0.236 e. The van der Waals surface area contributed by atoms with E-state index in [4.69, 9.17) is 0 Å². The van der Waals surface area contributed by atoms with E-state index in [2.05, 4.69) is 11.8 Å². The molecule has 23 heavy (non-hydrogen) atoms. The molecule has 0 aliphatic carbocycles. The fourth-order valence-corrected chi connectivity index (χ4v) is 3.64. The normalized spacial score (nSPS) is 24.0. The Balaban J connectivity index is 1.77. The largest absolute Gasteiger partial charge is 0.343 e. The van der Waals surface area contributed by atoms with Crippen LogP contribution in [-0.2, 0) is 9.59 Å². The first-order valence-electron chi connectivity index (χ1n) is 9.15. The van der Waals surface area contributed by atoms with Crippen LogP contribution in [-0.4, -0.2) is 72.3 Å². The molecular weight excluding hydrogens is 290 g/mol. The van der Waals surface area contributed by atoms with E-state index >= 15 is 0 Å². The third kappa shape index (κ3) is 4.93. The maximum atomic E-state index is 12.5. The zero-order chi connectivity index (χ0) is 17.0. The lowest BCUT2D eigenvalue weighted by Gasteiger charge is -2.36. The summed E-state index contributed by atoms with van der Waals surface area (Å²) in [7, 11) is 1.88. The number of amides is 2. The van der Waals surface area contributed by atoms with Crippen molar-refractivity contribution in [3.05, 3.63) is 0 Å². The van der Waals surface area contributed by atoms with Crippen molar-refractivity contribution >= 4 is 11.8 Å². The Morgan fingerprint density at radius 2 is 1.78 bits per heavy atom. The Hall–Kier alpha value is -1.10. The summed E-state index contributed by atoms with van der Waals surface area (Å²) in [6.07, 6.45) is 4.09. The van der Waals surface area contributed by atoms with Crippen LogP contribution in [0.2, 0.25) is 0 Å². The van der Waals surface area contributed by atoms with Gasteiger partial charge in [0.1, 0.15) is 0 Å². The molecule has 2 fully saturated rings. The van der Waals surface area contributed by atoms with Gasteiger partial charge in [0.2, 0.25) is 11.8 Å². The summed E-state index contributed by atoms with van der Waals surface area (Å²) in [5.41, 5.74) is 0. The summed E-state index contributed by atoms with van der Waals surface area (Å²) in [5, 5.41) is 0. The Morgan fingerprint density at radius 1 is 1.13 bits per heavy atom. The first-order chi connectivity index (χ1) is 10.9. The van der Waals surface area contributed by atoms with Crippen molar-refractivity contribution in [1.82, 2.24) is 14.7 Å². The van der Waals surface area contributed by atoms with Crippen molar-refractivity contribution in [3.63, 3.8) is 0 Å². The van der Waals surface area contributed by atoms with Gasteiger partial charge in [-0.1, -0.05) is 6.92 Å². The van der Waals surface area contributed by atoms with E-state index in [0.29, 0.717) is 12.5 Å². The van der Waals surface area contributed by atoms with Gasteiger partial charge in [-0.25, -0.2) is 0 Å². The van der Waals surface area contributed by atoms with Gasteiger partial charge in [-0.05, 0) is 52.0 Å². The van der Waals surface area contributed by atoms with Gasteiger partial charge in [-0.2, -0.15) is 0 Å². The predicted octanol–water partition coefficient (Wildman–Crippen LogP) is 1.82. The minimum Gasteiger partial charge on any atom is -0.343 e. The molecule has 2 amide bonds. The van der Waals surface area contributed by atoms with Gasteiger partial charge in [-0.15, -0.1) is 0 Å². The Bertz CT molecular complexity index is 416. The Morgan fingerprint density at radius 3 is 2.35 bits per heavy atom. The number of carbonyl (C=O) groups excluding carboxylic acids is 2. The van der Waals surface area contributed by atoms with Gasteiger partial charge in [0.25, 0.3) is 0 Å². The molecule has 2 rings (SSSR count). The molecule has 0 saturated carbocycles. The Kier molecular flexibility index (Phi) is 6.45. The van der Waals surface area contributed by atoms with E-state index in [1.807, 2.05) is 30.7 Å². The quantitative estimate of drug-likeness (QED) is 0.793. The van der Waals surface area contributed by atoms with Gasteiger partial charge in [0, 0.05) is 38.6 Å². The van der Waals surface area contributed by atoms with Crippen molar-refractivity contribution in [1.29, 1.82) is 0 Å². The number of piperidine rings is 2. The monoisotopic (exact) mass is 323 g/mol. The van der Waals surface area contributed by atoms with Crippen LogP contribution in [0.3, 0.4) is 0 Å². The minimum atomic E-state index is 0.0847. The van der Waals surface area contributed by atoms with Gasteiger partial charge in [-0.3, -0.25) is 14.5 Å². The predicted molar refractivity (Wildman–Crippen MR) is 92.0 cm³/mol. The third-order valence-electron chi connectivity index (χ3n) is 5.42. The lowest BCUT2D eigenvalue weighted by atomic mass is 9.94. The molecular formula is C18H33N3O2. The van der Waals surface area contributed by atoms with E-state index in [1.165, 1.54) is 12.8 Å². The van der Waals surface area contributed by atoms with Gasteiger partial charge >= 0.3 is 0 Å². The molecule has 0 radical (unpaired) electrons. The molecule has 0 aromatic carbocycles. The van der Waals surface area contributed by atoms with Crippen LogP contribution in [0.1, 0.15) is 46.5 Å². The molecule has 0 N–H and O–H groups in total. The summed E-state index contributed by atoms with van der Waals surface area (Å²) < 4.78 is 0. The third-order valence-corrected chi connectivity index (χ3v) is 5.42. The van der Waals surface area contributed by atoms with Gasteiger partial charge in [0.15, 0.2) is 0 Å². The second-order valence-corrected chi connectivity index (χ2v) is 7.68. The second-order valence-electron chi connectivity index (χ2n) is 7.68. The molecule has 2 heterocycles. The molecule has 5 heteroatoms. The molecule has 2 aliphatic rings. The molecule has 0 aromatic heterocycles. The highest BCUT2D eigenvalue weighted by Gasteiger charge is 2.30. The van der Waals surface area contributed by atoms with Crippen LogP contribution < -0.4 is 0 Å². The maximum absolute atomic E-state index is 12.5. The molecule has 0 bridgehead atoms. The van der Waals surface area contributed by atoms with Crippen LogP contribution in [0.25, 0.3) is 0 Å². The number of nitrogens with zero attached hydrogens (tertiary/aromatic N) is 3. The highest BCUT2D eigenvalue weighted by Crippen LogP contribution is 2.21. The number of rotatable bonds is 4. The number of hydrogen-bond acceptors (Lipinski definition) is 3. The Labute approximate surface area is 141 Å². The number of hydrogen-bond donors (Lipinski definition) is 0. The van der Waals surface area contributed by atoms with Crippen LogP contribution in [0, 0.1) is 11.8 Å².